The number of carbonyl (C=O) groups is 1. The number of rotatable bonds is 6. The Balaban J connectivity index is 1.86. The Kier molecular flexibility index (Phi) is 4.68. The van der Waals surface area contributed by atoms with E-state index in [1.165, 1.54) is 4.68 Å². The molecule has 104 valence electrons. The zero-order chi connectivity index (χ0) is 13.7. The van der Waals surface area contributed by atoms with E-state index in [-0.39, 0.29) is 18.1 Å². The summed E-state index contributed by atoms with van der Waals surface area (Å²) in [6.45, 7) is 3.19. The molecule has 1 aliphatic carbocycles. The Bertz CT molecular complexity index is 510. The van der Waals surface area contributed by atoms with Crippen molar-refractivity contribution < 1.29 is 9.53 Å². The quantitative estimate of drug-likeness (QED) is 0.778. The van der Waals surface area contributed by atoms with Crippen LogP contribution in [0.4, 0.5) is 0 Å². The molecule has 0 saturated carbocycles. The normalized spacial score (nSPS) is 13.3. The molecule has 19 heavy (non-hydrogen) atoms. The first-order chi connectivity index (χ1) is 9.20. The van der Waals surface area contributed by atoms with E-state index in [1.807, 2.05) is 6.92 Å². The van der Waals surface area contributed by atoms with E-state index in [9.17, 15) is 9.59 Å². The van der Waals surface area contributed by atoms with Gasteiger partial charge in [0.15, 0.2) is 0 Å². The van der Waals surface area contributed by atoms with Crippen molar-refractivity contribution in [2.45, 2.75) is 32.7 Å². The molecule has 1 N–H and O–H groups in total. The highest BCUT2D eigenvalue weighted by Gasteiger charge is 2.14. The minimum atomic E-state index is -0.170. The molecule has 1 aromatic heterocycles. The summed E-state index contributed by atoms with van der Waals surface area (Å²) < 4.78 is 6.41. The van der Waals surface area contributed by atoms with Gasteiger partial charge in [0.25, 0.3) is 5.56 Å². The summed E-state index contributed by atoms with van der Waals surface area (Å²) in [4.78, 5) is 23.1. The second-order valence-corrected chi connectivity index (χ2v) is 4.52. The smallest absolute Gasteiger partial charge is 0.267 e. The van der Waals surface area contributed by atoms with Crippen molar-refractivity contribution in [2.24, 2.45) is 0 Å². The molecule has 0 saturated heterocycles. The number of carbonyl (C=O) groups excluding carboxylic acids is 1. The standard InChI is InChI=1S/C13H19N3O3/c1-2-19-9-12(17)14-6-7-16-13(18)8-10-4-3-5-11(10)15-16/h8H,2-7,9H2,1H3,(H,14,17). The van der Waals surface area contributed by atoms with Crippen molar-refractivity contribution in [1.82, 2.24) is 15.1 Å². The summed E-state index contributed by atoms with van der Waals surface area (Å²) in [5, 5.41) is 7.03. The molecule has 0 spiro atoms. The van der Waals surface area contributed by atoms with Gasteiger partial charge in [-0.2, -0.15) is 5.10 Å². The zero-order valence-electron chi connectivity index (χ0n) is 11.1. The fourth-order valence-electron chi connectivity index (χ4n) is 2.15. The molecule has 0 radical (unpaired) electrons. The predicted octanol–water partition coefficient (Wildman–Crippen LogP) is -0.115. The predicted molar refractivity (Wildman–Crippen MR) is 70.0 cm³/mol. The Hall–Kier alpha value is -1.69. The number of ether oxygens (including phenoxy) is 1. The van der Waals surface area contributed by atoms with Crippen LogP contribution in [0, 0.1) is 0 Å². The summed E-state index contributed by atoms with van der Waals surface area (Å²) in [6.07, 6.45) is 2.95. The van der Waals surface area contributed by atoms with Crippen LogP contribution in [-0.4, -0.2) is 35.4 Å². The minimum Gasteiger partial charge on any atom is -0.372 e. The third-order valence-electron chi connectivity index (χ3n) is 3.11. The van der Waals surface area contributed by atoms with Crippen LogP contribution in [0.15, 0.2) is 10.9 Å². The maximum Gasteiger partial charge on any atom is 0.267 e. The molecule has 0 bridgehead atoms. The molecule has 1 aromatic rings. The largest absolute Gasteiger partial charge is 0.372 e. The lowest BCUT2D eigenvalue weighted by Crippen LogP contribution is -2.34. The van der Waals surface area contributed by atoms with Crippen molar-refractivity contribution in [3.05, 3.63) is 27.7 Å². The van der Waals surface area contributed by atoms with Crippen LogP contribution in [-0.2, 0) is 28.9 Å². The molecule has 1 heterocycles. The van der Waals surface area contributed by atoms with E-state index in [0.29, 0.717) is 19.7 Å². The Morgan fingerprint density at radius 3 is 3.16 bits per heavy atom. The fraction of sp³-hybridized carbons (Fsp3) is 0.615. The van der Waals surface area contributed by atoms with E-state index in [4.69, 9.17) is 4.74 Å². The Morgan fingerprint density at radius 1 is 1.53 bits per heavy atom. The highest BCUT2D eigenvalue weighted by Crippen LogP contribution is 2.16. The van der Waals surface area contributed by atoms with Crippen molar-refractivity contribution >= 4 is 5.91 Å². The van der Waals surface area contributed by atoms with Crippen molar-refractivity contribution in [3.63, 3.8) is 0 Å². The summed E-state index contributed by atoms with van der Waals surface area (Å²) in [5.41, 5.74) is 1.99. The van der Waals surface area contributed by atoms with Gasteiger partial charge in [-0.25, -0.2) is 4.68 Å². The maximum atomic E-state index is 11.8. The number of fused-ring (bicyclic) bond motifs is 1. The van der Waals surface area contributed by atoms with Crippen LogP contribution >= 0.6 is 0 Å². The Labute approximate surface area is 111 Å². The van der Waals surface area contributed by atoms with Crippen LogP contribution in [0.5, 0.6) is 0 Å². The van der Waals surface area contributed by atoms with Crippen LogP contribution < -0.4 is 10.9 Å². The molecule has 1 amide bonds. The van der Waals surface area contributed by atoms with Crippen LogP contribution in [0.3, 0.4) is 0 Å². The first-order valence-corrected chi connectivity index (χ1v) is 6.65. The molecule has 6 nitrogen and oxygen atoms in total. The number of aromatic nitrogens is 2. The molecule has 1 aliphatic rings. The van der Waals surface area contributed by atoms with E-state index < -0.39 is 0 Å². The average Bonchev–Trinajstić information content (AvgIpc) is 2.83. The van der Waals surface area contributed by atoms with E-state index in [1.54, 1.807) is 6.07 Å². The molecule has 2 rings (SSSR count). The van der Waals surface area contributed by atoms with Gasteiger partial charge in [-0.05, 0) is 31.7 Å². The summed E-state index contributed by atoms with van der Waals surface area (Å²) in [6, 6.07) is 1.66. The second-order valence-electron chi connectivity index (χ2n) is 4.52. The van der Waals surface area contributed by atoms with Crippen molar-refractivity contribution in [1.29, 1.82) is 0 Å². The van der Waals surface area contributed by atoms with Crippen LogP contribution in [0.25, 0.3) is 0 Å². The van der Waals surface area contributed by atoms with E-state index in [2.05, 4.69) is 10.4 Å². The summed E-state index contributed by atoms with van der Waals surface area (Å²) in [5.74, 6) is -0.170. The van der Waals surface area contributed by atoms with Gasteiger partial charge in [0.1, 0.15) is 6.61 Å². The minimum absolute atomic E-state index is 0.0585. The first-order valence-electron chi connectivity index (χ1n) is 6.65. The number of aryl methyl sites for hydroxylation is 2. The third kappa shape index (κ3) is 3.64. The topological polar surface area (TPSA) is 73.2 Å². The molecule has 0 aliphatic heterocycles. The highest BCUT2D eigenvalue weighted by molar-refractivity contribution is 5.77. The van der Waals surface area contributed by atoms with Gasteiger partial charge < -0.3 is 10.1 Å². The van der Waals surface area contributed by atoms with Gasteiger partial charge in [-0.3, -0.25) is 9.59 Å². The number of hydrogen-bond acceptors (Lipinski definition) is 4. The molecular formula is C13H19N3O3. The van der Waals surface area contributed by atoms with Gasteiger partial charge in [0, 0.05) is 19.2 Å². The SMILES string of the molecule is CCOCC(=O)NCCn1nc2c(cc1=O)CCC2. The molecule has 0 aromatic carbocycles. The van der Waals surface area contributed by atoms with Gasteiger partial charge in [0.2, 0.25) is 5.91 Å². The third-order valence-corrected chi connectivity index (χ3v) is 3.11. The van der Waals surface area contributed by atoms with Gasteiger partial charge in [-0.15, -0.1) is 0 Å². The number of hydrogen-bond donors (Lipinski definition) is 1. The summed E-state index contributed by atoms with van der Waals surface area (Å²) >= 11 is 0. The fourth-order valence-corrected chi connectivity index (χ4v) is 2.15. The first kappa shape index (κ1) is 13.7. The van der Waals surface area contributed by atoms with Gasteiger partial charge in [0.05, 0.1) is 12.2 Å². The monoisotopic (exact) mass is 265 g/mol. The molecular weight excluding hydrogens is 246 g/mol. The zero-order valence-corrected chi connectivity index (χ0v) is 11.1. The molecule has 0 fully saturated rings. The molecule has 0 unspecified atom stereocenters. The number of nitrogens with zero attached hydrogens (tertiary/aromatic N) is 2. The molecule has 0 atom stereocenters. The highest BCUT2D eigenvalue weighted by atomic mass is 16.5. The van der Waals surface area contributed by atoms with Crippen molar-refractivity contribution in [2.75, 3.05) is 19.8 Å². The average molecular weight is 265 g/mol. The summed E-state index contributed by atoms with van der Waals surface area (Å²) in [7, 11) is 0. The number of nitrogens with one attached hydrogen (secondary N) is 1. The maximum absolute atomic E-state index is 11.8. The lowest BCUT2D eigenvalue weighted by atomic mass is 10.2. The second kappa shape index (κ2) is 6.47. The van der Waals surface area contributed by atoms with Crippen molar-refractivity contribution in [3.8, 4) is 0 Å². The van der Waals surface area contributed by atoms with Crippen LogP contribution in [0.2, 0.25) is 0 Å². The molecule has 6 heteroatoms. The lowest BCUT2D eigenvalue weighted by Gasteiger charge is -2.08. The number of amides is 1. The van der Waals surface area contributed by atoms with Gasteiger partial charge >= 0.3 is 0 Å². The van der Waals surface area contributed by atoms with E-state index in [0.717, 1.165) is 30.5 Å². The van der Waals surface area contributed by atoms with Gasteiger partial charge in [-0.1, -0.05) is 0 Å². The van der Waals surface area contributed by atoms with E-state index >= 15 is 0 Å². The Morgan fingerprint density at radius 2 is 2.37 bits per heavy atom. The van der Waals surface area contributed by atoms with Crippen LogP contribution in [0.1, 0.15) is 24.6 Å². The lowest BCUT2D eigenvalue weighted by molar-refractivity contribution is -0.125.